The van der Waals surface area contributed by atoms with Crippen LogP contribution in [0.4, 0.5) is 0 Å². The van der Waals surface area contributed by atoms with Crippen molar-refractivity contribution in [2.45, 2.75) is 25.9 Å². The molecule has 2 rings (SSSR count). The molecular weight excluding hydrogens is 234 g/mol. The number of carbonyl (C=O) groups is 1. The van der Waals surface area contributed by atoms with Crippen LogP contribution in [0.5, 0.6) is 0 Å². The Hall–Kier alpha value is -2.01. The highest BCUT2D eigenvalue weighted by Gasteiger charge is 2.10. The van der Waals surface area contributed by atoms with Gasteiger partial charge in [-0.2, -0.15) is 0 Å². The summed E-state index contributed by atoms with van der Waals surface area (Å²) < 4.78 is 10.4. The Morgan fingerprint density at radius 2 is 2.28 bits per heavy atom. The van der Waals surface area contributed by atoms with E-state index < -0.39 is 5.97 Å². The topological polar surface area (TPSA) is 75.6 Å². The van der Waals surface area contributed by atoms with Gasteiger partial charge in [-0.05, 0) is 25.1 Å². The van der Waals surface area contributed by atoms with E-state index in [4.69, 9.17) is 13.9 Å². The summed E-state index contributed by atoms with van der Waals surface area (Å²) in [6.07, 6.45) is 3.67. The fourth-order valence-electron chi connectivity index (χ4n) is 1.66. The molecule has 1 atom stereocenters. The third-order valence-electron chi connectivity index (χ3n) is 2.61. The zero-order chi connectivity index (χ0) is 13.0. The lowest BCUT2D eigenvalue weighted by Crippen LogP contribution is -2.27. The Balaban J connectivity index is 1.81. The van der Waals surface area contributed by atoms with Gasteiger partial charge in [0, 0.05) is 12.5 Å². The zero-order valence-electron chi connectivity index (χ0n) is 10.1. The Kier molecular flexibility index (Phi) is 3.84. The van der Waals surface area contributed by atoms with Gasteiger partial charge in [0.15, 0.2) is 0 Å². The van der Waals surface area contributed by atoms with E-state index in [9.17, 15) is 4.79 Å². The van der Waals surface area contributed by atoms with Crippen LogP contribution in [0.15, 0.2) is 39.6 Å². The first-order valence-corrected chi connectivity index (χ1v) is 5.71. The maximum absolute atomic E-state index is 10.7. The first-order valence-electron chi connectivity index (χ1n) is 5.71. The van der Waals surface area contributed by atoms with Gasteiger partial charge in [0.05, 0.1) is 18.4 Å². The van der Waals surface area contributed by atoms with Crippen LogP contribution in [0.2, 0.25) is 0 Å². The molecule has 2 heterocycles. The van der Waals surface area contributed by atoms with Crippen LogP contribution in [0.25, 0.3) is 0 Å². The van der Waals surface area contributed by atoms with Crippen LogP contribution in [0, 0.1) is 0 Å². The molecule has 0 amide bonds. The first-order chi connectivity index (χ1) is 8.65. The second-order valence-electron chi connectivity index (χ2n) is 4.17. The minimum atomic E-state index is -0.978. The number of carboxylic acid groups (broad SMARTS) is 1. The number of nitrogens with one attached hydrogen (secondary N) is 1. The summed E-state index contributed by atoms with van der Waals surface area (Å²) in [6.45, 7) is 2.53. The van der Waals surface area contributed by atoms with Gasteiger partial charge in [0.1, 0.15) is 17.8 Å². The van der Waals surface area contributed by atoms with Crippen molar-refractivity contribution in [1.29, 1.82) is 0 Å². The molecule has 0 fully saturated rings. The highest BCUT2D eigenvalue weighted by Crippen LogP contribution is 2.09. The van der Waals surface area contributed by atoms with Gasteiger partial charge in [-0.3, -0.25) is 0 Å². The monoisotopic (exact) mass is 249 g/mol. The van der Waals surface area contributed by atoms with Gasteiger partial charge in [-0.15, -0.1) is 0 Å². The summed E-state index contributed by atoms with van der Waals surface area (Å²) >= 11 is 0. The Morgan fingerprint density at radius 3 is 2.89 bits per heavy atom. The minimum absolute atomic E-state index is 0.172. The quantitative estimate of drug-likeness (QED) is 0.821. The van der Waals surface area contributed by atoms with Gasteiger partial charge in [-0.25, -0.2) is 4.79 Å². The molecule has 0 aliphatic carbocycles. The van der Waals surface area contributed by atoms with Crippen molar-refractivity contribution in [3.63, 3.8) is 0 Å². The Labute approximate surface area is 104 Å². The molecule has 2 N–H and O–H groups in total. The zero-order valence-corrected chi connectivity index (χ0v) is 10.1. The molecule has 0 aliphatic heterocycles. The molecule has 0 aliphatic rings. The van der Waals surface area contributed by atoms with Crippen molar-refractivity contribution in [3.05, 3.63) is 47.8 Å². The van der Waals surface area contributed by atoms with Gasteiger partial charge in [0.2, 0.25) is 0 Å². The molecule has 0 saturated carbocycles. The molecule has 5 heteroatoms. The van der Waals surface area contributed by atoms with E-state index in [-0.39, 0.29) is 11.6 Å². The second-order valence-corrected chi connectivity index (χ2v) is 4.17. The number of furan rings is 2. The predicted octanol–water partition coefficient (Wildman–Crippen LogP) is 2.29. The van der Waals surface area contributed by atoms with Gasteiger partial charge < -0.3 is 19.3 Å². The maximum atomic E-state index is 10.7. The molecule has 1 unspecified atom stereocenters. The molecule has 0 spiro atoms. The third-order valence-corrected chi connectivity index (χ3v) is 2.61. The number of rotatable bonds is 6. The van der Waals surface area contributed by atoms with Crippen molar-refractivity contribution in [2.24, 2.45) is 0 Å². The number of hydrogen-bond donors (Lipinski definition) is 2. The van der Waals surface area contributed by atoms with E-state index in [1.165, 1.54) is 12.3 Å². The number of carboxylic acids is 1. The van der Waals surface area contributed by atoms with Crippen LogP contribution in [-0.4, -0.2) is 17.1 Å². The molecule has 0 aromatic carbocycles. The Bertz CT molecular complexity index is 501. The number of aromatic carboxylic acids is 1. The van der Waals surface area contributed by atoms with Crippen molar-refractivity contribution in [2.75, 3.05) is 0 Å². The highest BCUT2D eigenvalue weighted by atomic mass is 16.4. The van der Waals surface area contributed by atoms with Crippen LogP contribution in [0.3, 0.4) is 0 Å². The van der Waals surface area contributed by atoms with Crippen molar-refractivity contribution < 1.29 is 18.7 Å². The standard InChI is InChI=1S/C13H15NO4/c1-9(5-11-3-2-4-17-11)14-7-12-6-10(8-18-12)13(15)16/h2-4,6,8-9,14H,5,7H2,1H3,(H,15,16). The molecule has 2 aromatic heterocycles. The summed E-state index contributed by atoms with van der Waals surface area (Å²) in [4.78, 5) is 10.7. The Morgan fingerprint density at radius 1 is 1.44 bits per heavy atom. The summed E-state index contributed by atoms with van der Waals surface area (Å²) in [5.74, 6) is 0.549. The van der Waals surface area contributed by atoms with E-state index in [2.05, 4.69) is 5.32 Å². The molecule has 5 nitrogen and oxygen atoms in total. The average molecular weight is 249 g/mol. The van der Waals surface area contributed by atoms with Gasteiger partial charge >= 0.3 is 5.97 Å². The minimum Gasteiger partial charge on any atom is -0.478 e. The summed E-state index contributed by atoms with van der Waals surface area (Å²) in [6, 6.07) is 5.52. The lowest BCUT2D eigenvalue weighted by Gasteiger charge is -2.10. The average Bonchev–Trinajstić information content (AvgIpc) is 2.96. The molecule has 0 bridgehead atoms. The SMILES string of the molecule is CC(Cc1ccco1)NCc1cc(C(=O)O)co1. The maximum Gasteiger partial charge on any atom is 0.338 e. The third kappa shape index (κ3) is 3.24. The van der Waals surface area contributed by atoms with Crippen molar-refractivity contribution in [3.8, 4) is 0 Å². The molecule has 18 heavy (non-hydrogen) atoms. The predicted molar refractivity (Wildman–Crippen MR) is 64.4 cm³/mol. The highest BCUT2D eigenvalue weighted by molar-refractivity contribution is 5.87. The van der Waals surface area contributed by atoms with E-state index >= 15 is 0 Å². The van der Waals surface area contributed by atoms with Crippen molar-refractivity contribution in [1.82, 2.24) is 5.32 Å². The molecule has 0 radical (unpaired) electrons. The molecular formula is C13H15NO4. The summed E-state index contributed by atoms with van der Waals surface area (Å²) in [5.41, 5.74) is 0.172. The summed E-state index contributed by atoms with van der Waals surface area (Å²) in [7, 11) is 0. The fraction of sp³-hybridized carbons (Fsp3) is 0.308. The molecule has 2 aromatic rings. The van der Waals surface area contributed by atoms with Gasteiger partial charge in [-0.1, -0.05) is 0 Å². The second kappa shape index (κ2) is 5.55. The first kappa shape index (κ1) is 12.4. The van der Waals surface area contributed by atoms with E-state index in [1.807, 2.05) is 19.1 Å². The van der Waals surface area contributed by atoms with Crippen LogP contribution >= 0.6 is 0 Å². The molecule has 0 saturated heterocycles. The largest absolute Gasteiger partial charge is 0.478 e. The number of hydrogen-bond acceptors (Lipinski definition) is 4. The van der Waals surface area contributed by atoms with Crippen molar-refractivity contribution >= 4 is 5.97 Å². The lowest BCUT2D eigenvalue weighted by atomic mass is 10.2. The summed E-state index contributed by atoms with van der Waals surface area (Å²) in [5, 5.41) is 12.0. The van der Waals surface area contributed by atoms with Gasteiger partial charge in [0.25, 0.3) is 0 Å². The normalized spacial score (nSPS) is 12.5. The lowest BCUT2D eigenvalue weighted by molar-refractivity contribution is 0.0696. The smallest absolute Gasteiger partial charge is 0.338 e. The van der Waals surface area contributed by atoms with Crippen LogP contribution in [-0.2, 0) is 13.0 Å². The molecule has 96 valence electrons. The van der Waals surface area contributed by atoms with E-state index in [1.54, 1.807) is 6.26 Å². The van der Waals surface area contributed by atoms with E-state index in [0.29, 0.717) is 12.3 Å². The van der Waals surface area contributed by atoms with Crippen LogP contribution in [0.1, 0.15) is 28.8 Å². The fourth-order valence-corrected chi connectivity index (χ4v) is 1.66. The van der Waals surface area contributed by atoms with Crippen LogP contribution < -0.4 is 5.32 Å². The van der Waals surface area contributed by atoms with E-state index in [0.717, 1.165) is 12.2 Å².